The van der Waals surface area contributed by atoms with E-state index in [1.54, 1.807) is 41.5 Å². The van der Waals surface area contributed by atoms with Crippen molar-refractivity contribution in [1.29, 1.82) is 0 Å². The van der Waals surface area contributed by atoms with Gasteiger partial charge in [0.2, 0.25) is 5.91 Å². The smallest absolute Gasteiger partial charge is 0.417 e. The molecule has 4 rings (SSSR count). The Morgan fingerprint density at radius 1 is 0.929 bits per heavy atom. The Kier molecular flexibility index (Phi) is 8.61. The molecule has 0 radical (unpaired) electrons. The number of hydrogen-bond donors (Lipinski definition) is 1. The van der Waals surface area contributed by atoms with E-state index >= 15 is 0 Å². The zero-order valence-electron chi connectivity index (χ0n) is 26.5. The second-order valence-corrected chi connectivity index (χ2v) is 18.5. The molecule has 0 aliphatic carbocycles. The van der Waals surface area contributed by atoms with Gasteiger partial charge in [-0.25, -0.2) is 9.69 Å². The first-order valence-electron chi connectivity index (χ1n) is 14.7. The zero-order valence-corrected chi connectivity index (χ0v) is 27.5. The minimum absolute atomic E-state index is 0.0793. The van der Waals surface area contributed by atoms with E-state index in [-0.39, 0.29) is 31.3 Å². The second kappa shape index (κ2) is 11.2. The van der Waals surface area contributed by atoms with Crippen LogP contribution in [0.4, 0.5) is 4.79 Å². The fourth-order valence-corrected chi connectivity index (χ4v) is 10.9. The molecule has 0 unspecified atom stereocenters. The average molecular weight is 598 g/mol. The highest BCUT2D eigenvalue weighted by Crippen LogP contribution is 2.49. The minimum atomic E-state index is -2.87. The third kappa shape index (κ3) is 5.69. The average Bonchev–Trinajstić information content (AvgIpc) is 3.04. The van der Waals surface area contributed by atoms with Crippen LogP contribution in [0.2, 0.25) is 5.04 Å². The van der Waals surface area contributed by atoms with Crippen molar-refractivity contribution in [2.75, 3.05) is 19.8 Å². The molecular formula is C33H47NO7Si. The molecule has 2 atom stereocenters. The molecule has 1 spiro atoms. The van der Waals surface area contributed by atoms with E-state index in [1.807, 2.05) is 36.4 Å². The molecule has 2 aliphatic heterocycles. The predicted octanol–water partition coefficient (Wildman–Crippen LogP) is 4.62. The summed E-state index contributed by atoms with van der Waals surface area (Å²) < 4.78 is 24.6. The highest BCUT2D eigenvalue weighted by atomic mass is 28.4. The number of ether oxygens (including phenoxy) is 3. The summed E-state index contributed by atoms with van der Waals surface area (Å²) in [7, 11) is -2.87. The molecule has 2 amide bonds. The largest absolute Gasteiger partial charge is 0.443 e. The first-order valence-corrected chi connectivity index (χ1v) is 16.6. The summed E-state index contributed by atoms with van der Waals surface area (Å²) in [6.07, 6.45) is -0.629. The highest BCUT2D eigenvalue weighted by molar-refractivity contribution is 6.99. The monoisotopic (exact) mass is 597 g/mol. The van der Waals surface area contributed by atoms with Crippen LogP contribution in [0.1, 0.15) is 68.7 Å². The van der Waals surface area contributed by atoms with Gasteiger partial charge in [0.05, 0.1) is 19.1 Å². The summed E-state index contributed by atoms with van der Waals surface area (Å²) >= 11 is 0. The van der Waals surface area contributed by atoms with Gasteiger partial charge >= 0.3 is 6.09 Å². The van der Waals surface area contributed by atoms with Crippen molar-refractivity contribution in [3.8, 4) is 0 Å². The van der Waals surface area contributed by atoms with Gasteiger partial charge in [-0.05, 0) is 63.4 Å². The molecule has 0 bridgehead atoms. The summed E-state index contributed by atoms with van der Waals surface area (Å²) in [6, 6.07) is 20.5. The predicted molar refractivity (Wildman–Crippen MR) is 164 cm³/mol. The molecule has 2 saturated heterocycles. The first-order chi connectivity index (χ1) is 19.4. The Labute approximate surface area is 251 Å². The Morgan fingerprint density at radius 3 is 1.83 bits per heavy atom. The Balaban J connectivity index is 1.70. The maximum Gasteiger partial charge on any atom is 0.417 e. The Bertz CT molecular complexity index is 1220. The lowest BCUT2D eigenvalue weighted by Gasteiger charge is -2.50. The van der Waals surface area contributed by atoms with E-state index in [0.29, 0.717) is 0 Å². The lowest BCUT2D eigenvalue weighted by Crippen LogP contribution is -2.69. The van der Waals surface area contributed by atoms with Crippen LogP contribution in [-0.4, -0.2) is 72.7 Å². The lowest BCUT2D eigenvalue weighted by atomic mass is 9.75. The number of nitrogens with zero attached hydrogens (tertiary/aromatic N) is 1. The number of rotatable bonds is 6. The van der Waals surface area contributed by atoms with Crippen LogP contribution in [0.3, 0.4) is 0 Å². The Morgan fingerprint density at radius 2 is 1.40 bits per heavy atom. The first kappa shape index (κ1) is 32.4. The van der Waals surface area contributed by atoms with Crippen LogP contribution in [0.5, 0.6) is 0 Å². The fraction of sp³-hybridized carbons (Fsp3) is 0.576. The molecule has 2 fully saturated rings. The van der Waals surface area contributed by atoms with E-state index in [0.717, 1.165) is 15.3 Å². The number of carbonyl (C=O) groups excluding carboxylic acids is 2. The van der Waals surface area contributed by atoms with Gasteiger partial charge in [0.15, 0.2) is 5.79 Å². The summed E-state index contributed by atoms with van der Waals surface area (Å²) in [6.45, 7) is 16.9. The number of imide groups is 1. The molecule has 230 valence electrons. The molecule has 42 heavy (non-hydrogen) atoms. The van der Waals surface area contributed by atoms with Crippen molar-refractivity contribution in [3.05, 3.63) is 60.7 Å². The molecule has 2 aromatic rings. The third-order valence-corrected chi connectivity index (χ3v) is 13.6. The van der Waals surface area contributed by atoms with Crippen molar-refractivity contribution in [2.24, 2.45) is 5.92 Å². The minimum Gasteiger partial charge on any atom is -0.443 e. The normalized spacial score (nSPS) is 24.2. The van der Waals surface area contributed by atoms with Gasteiger partial charge < -0.3 is 23.7 Å². The SMILES string of the molecule is CC(C)(C)OC(=O)N1C(=O)[C@H](CCO[Si](c2ccccc2)(c2ccccc2)C(C)(C)C)[C@@](C)(O)C12COC(C)(C)OC2. The van der Waals surface area contributed by atoms with Crippen LogP contribution in [0.25, 0.3) is 0 Å². The topological polar surface area (TPSA) is 94.5 Å². The number of carbonyl (C=O) groups is 2. The van der Waals surface area contributed by atoms with E-state index in [1.165, 1.54) is 0 Å². The van der Waals surface area contributed by atoms with Crippen molar-refractivity contribution < 1.29 is 33.3 Å². The van der Waals surface area contributed by atoms with Crippen molar-refractivity contribution in [2.45, 2.75) is 96.3 Å². The second-order valence-electron chi connectivity index (χ2n) is 14.2. The lowest BCUT2D eigenvalue weighted by molar-refractivity contribution is -0.301. The van der Waals surface area contributed by atoms with Crippen LogP contribution < -0.4 is 10.4 Å². The third-order valence-electron chi connectivity index (χ3n) is 8.60. The maximum absolute atomic E-state index is 14.1. The standard InChI is InChI=1S/C33H47NO7Si/c1-29(2,3)41-28(36)34-27(35)26(32(9,37)33(34)22-38-31(7,8)39-23-33)20-21-40-42(30(4,5)6,24-16-12-10-13-17-24)25-18-14-11-15-19-25/h10-19,26,37H,20-23H2,1-9H3/t26-,32+/m0/s1. The van der Waals surface area contributed by atoms with Gasteiger partial charge in [-0.3, -0.25) is 4.79 Å². The van der Waals surface area contributed by atoms with Gasteiger partial charge in [0, 0.05) is 6.61 Å². The molecule has 2 heterocycles. The molecule has 8 nitrogen and oxygen atoms in total. The fourth-order valence-electron chi connectivity index (χ4n) is 6.32. The zero-order chi connectivity index (χ0) is 31.2. The number of hydrogen-bond acceptors (Lipinski definition) is 7. The van der Waals surface area contributed by atoms with E-state index in [4.69, 9.17) is 18.6 Å². The number of benzene rings is 2. The molecule has 1 N–H and O–H groups in total. The van der Waals surface area contributed by atoms with Gasteiger partial charge in [0.25, 0.3) is 8.32 Å². The maximum atomic E-state index is 14.1. The number of likely N-dealkylation sites (tertiary alicyclic amines) is 1. The van der Waals surface area contributed by atoms with Gasteiger partial charge in [0.1, 0.15) is 16.7 Å². The van der Waals surface area contributed by atoms with Crippen molar-refractivity contribution >= 4 is 30.7 Å². The molecule has 2 aromatic carbocycles. The number of aliphatic hydroxyl groups is 1. The van der Waals surface area contributed by atoms with E-state index in [9.17, 15) is 14.7 Å². The quantitative estimate of drug-likeness (QED) is 0.486. The van der Waals surface area contributed by atoms with Crippen LogP contribution in [-0.2, 0) is 23.4 Å². The molecule has 0 saturated carbocycles. The summed E-state index contributed by atoms with van der Waals surface area (Å²) in [5.41, 5.74) is -3.97. The van der Waals surface area contributed by atoms with Crippen LogP contribution >= 0.6 is 0 Å². The molecular weight excluding hydrogens is 550 g/mol. The summed E-state index contributed by atoms with van der Waals surface area (Å²) in [4.78, 5) is 28.6. The highest BCUT2D eigenvalue weighted by Gasteiger charge is 2.70. The van der Waals surface area contributed by atoms with Crippen molar-refractivity contribution in [1.82, 2.24) is 4.90 Å². The van der Waals surface area contributed by atoms with Crippen LogP contribution in [0, 0.1) is 5.92 Å². The van der Waals surface area contributed by atoms with Gasteiger partial charge in [-0.2, -0.15) is 0 Å². The van der Waals surface area contributed by atoms with E-state index in [2.05, 4.69) is 45.0 Å². The Hall–Kier alpha value is -2.56. The summed E-state index contributed by atoms with van der Waals surface area (Å²) in [5, 5.41) is 14.1. The van der Waals surface area contributed by atoms with Gasteiger partial charge in [-0.15, -0.1) is 0 Å². The molecule has 2 aliphatic rings. The number of amides is 2. The van der Waals surface area contributed by atoms with Crippen LogP contribution in [0.15, 0.2) is 60.7 Å². The molecule has 9 heteroatoms. The van der Waals surface area contributed by atoms with Crippen molar-refractivity contribution in [3.63, 3.8) is 0 Å². The summed E-state index contributed by atoms with van der Waals surface area (Å²) in [5.74, 6) is -2.39. The van der Waals surface area contributed by atoms with E-state index < -0.39 is 48.8 Å². The molecule has 0 aromatic heterocycles. The van der Waals surface area contributed by atoms with Gasteiger partial charge in [-0.1, -0.05) is 81.4 Å².